The fraction of sp³-hybridized carbons (Fsp3) is 0.583. The van der Waals surface area contributed by atoms with Crippen molar-refractivity contribution in [2.75, 3.05) is 0 Å². The maximum Gasteiger partial charge on any atom is 0.254 e. The van der Waals surface area contributed by atoms with E-state index < -0.39 is 0 Å². The number of hydrogen-bond acceptors (Lipinski definition) is 3. The topological polar surface area (TPSA) is 62.5 Å². The fourth-order valence-electron chi connectivity index (χ4n) is 2.05. The first-order valence-corrected chi connectivity index (χ1v) is 5.69. The van der Waals surface area contributed by atoms with Crippen LogP contribution in [0.25, 0.3) is 0 Å². The molecule has 1 heterocycles. The summed E-state index contributed by atoms with van der Waals surface area (Å²) in [6.07, 6.45) is 4.53. The Bertz CT molecular complexity index is 364. The van der Waals surface area contributed by atoms with E-state index >= 15 is 0 Å². The molecule has 1 aliphatic rings. The molecule has 1 aromatic rings. The summed E-state index contributed by atoms with van der Waals surface area (Å²) in [6.45, 7) is 1.81. The Morgan fingerprint density at radius 3 is 2.69 bits per heavy atom. The number of rotatable bonds is 2. The molecule has 2 N–H and O–H groups in total. The van der Waals surface area contributed by atoms with Gasteiger partial charge in [-0.25, -0.2) is 0 Å². The summed E-state index contributed by atoms with van der Waals surface area (Å²) in [5.41, 5.74) is 0.573. The second-order valence-electron chi connectivity index (χ2n) is 4.42. The van der Waals surface area contributed by atoms with Crippen LogP contribution in [-0.2, 0) is 0 Å². The molecule has 88 valence electrons. The van der Waals surface area contributed by atoms with E-state index in [2.05, 4.69) is 5.32 Å². The standard InChI is InChI=1S/C12H17NO3/c1-8-6-9(7-16-8)12(15)13-10-2-4-11(14)5-3-10/h6-7,10-11,14H,2-5H2,1H3,(H,13,15). The van der Waals surface area contributed by atoms with Gasteiger partial charge in [-0.2, -0.15) is 0 Å². The van der Waals surface area contributed by atoms with E-state index in [9.17, 15) is 9.90 Å². The van der Waals surface area contributed by atoms with E-state index in [4.69, 9.17) is 4.42 Å². The number of aryl methyl sites for hydroxylation is 1. The van der Waals surface area contributed by atoms with Crippen molar-refractivity contribution in [2.45, 2.75) is 44.8 Å². The van der Waals surface area contributed by atoms with Gasteiger partial charge in [0.2, 0.25) is 0 Å². The molecule has 16 heavy (non-hydrogen) atoms. The van der Waals surface area contributed by atoms with Gasteiger partial charge in [-0.15, -0.1) is 0 Å². The normalized spacial score (nSPS) is 25.4. The zero-order chi connectivity index (χ0) is 11.5. The van der Waals surface area contributed by atoms with Gasteiger partial charge in [0.15, 0.2) is 0 Å². The van der Waals surface area contributed by atoms with Crippen molar-refractivity contribution in [1.82, 2.24) is 5.32 Å². The number of hydrogen-bond donors (Lipinski definition) is 2. The fourth-order valence-corrected chi connectivity index (χ4v) is 2.05. The molecule has 0 radical (unpaired) electrons. The zero-order valence-corrected chi connectivity index (χ0v) is 9.40. The van der Waals surface area contributed by atoms with Crippen LogP contribution in [0.4, 0.5) is 0 Å². The Labute approximate surface area is 94.6 Å². The maximum atomic E-state index is 11.8. The molecule has 0 atom stereocenters. The third-order valence-corrected chi connectivity index (χ3v) is 3.02. The van der Waals surface area contributed by atoms with E-state index in [1.807, 2.05) is 6.92 Å². The highest BCUT2D eigenvalue weighted by molar-refractivity contribution is 5.94. The molecule has 1 aromatic heterocycles. The number of carbonyl (C=O) groups is 1. The van der Waals surface area contributed by atoms with Gasteiger partial charge >= 0.3 is 0 Å². The van der Waals surface area contributed by atoms with Crippen LogP contribution in [0, 0.1) is 6.92 Å². The van der Waals surface area contributed by atoms with Gasteiger partial charge in [-0.1, -0.05) is 0 Å². The number of nitrogens with one attached hydrogen (secondary N) is 1. The minimum Gasteiger partial charge on any atom is -0.469 e. The van der Waals surface area contributed by atoms with Crippen molar-refractivity contribution in [3.63, 3.8) is 0 Å². The third-order valence-electron chi connectivity index (χ3n) is 3.02. The lowest BCUT2D eigenvalue weighted by Crippen LogP contribution is -2.38. The lowest BCUT2D eigenvalue weighted by Gasteiger charge is -2.25. The van der Waals surface area contributed by atoms with Gasteiger partial charge in [0.25, 0.3) is 5.91 Å². The zero-order valence-electron chi connectivity index (χ0n) is 9.40. The molecular formula is C12H17NO3. The molecule has 1 amide bonds. The van der Waals surface area contributed by atoms with Gasteiger partial charge in [0.1, 0.15) is 12.0 Å². The summed E-state index contributed by atoms with van der Waals surface area (Å²) < 4.78 is 5.09. The molecule has 1 fully saturated rings. The van der Waals surface area contributed by atoms with Crippen LogP contribution in [0.5, 0.6) is 0 Å². The molecule has 0 aliphatic heterocycles. The molecule has 0 unspecified atom stereocenters. The molecule has 0 aromatic carbocycles. The Morgan fingerprint density at radius 2 is 2.12 bits per heavy atom. The van der Waals surface area contributed by atoms with Crippen LogP contribution in [0.1, 0.15) is 41.8 Å². The monoisotopic (exact) mass is 223 g/mol. The first kappa shape index (κ1) is 11.2. The van der Waals surface area contributed by atoms with E-state index in [0.29, 0.717) is 5.56 Å². The molecule has 0 spiro atoms. The van der Waals surface area contributed by atoms with Crippen LogP contribution >= 0.6 is 0 Å². The molecule has 0 saturated heterocycles. The van der Waals surface area contributed by atoms with Gasteiger partial charge in [-0.3, -0.25) is 4.79 Å². The summed E-state index contributed by atoms with van der Waals surface area (Å²) >= 11 is 0. The SMILES string of the molecule is Cc1cc(C(=O)NC2CCC(O)CC2)co1. The highest BCUT2D eigenvalue weighted by Crippen LogP contribution is 2.18. The van der Waals surface area contributed by atoms with E-state index in [1.165, 1.54) is 6.26 Å². The first-order valence-electron chi connectivity index (χ1n) is 5.69. The molecular weight excluding hydrogens is 206 g/mol. The minimum atomic E-state index is -0.190. The predicted molar refractivity (Wildman–Crippen MR) is 59.2 cm³/mol. The average Bonchev–Trinajstić information content (AvgIpc) is 2.68. The minimum absolute atomic E-state index is 0.0850. The second kappa shape index (κ2) is 4.70. The third kappa shape index (κ3) is 2.64. The van der Waals surface area contributed by atoms with E-state index in [-0.39, 0.29) is 18.1 Å². The summed E-state index contributed by atoms with van der Waals surface area (Å²) in [7, 11) is 0. The lowest BCUT2D eigenvalue weighted by atomic mass is 9.93. The number of furan rings is 1. The van der Waals surface area contributed by atoms with Crippen LogP contribution < -0.4 is 5.32 Å². The van der Waals surface area contributed by atoms with Crippen LogP contribution in [0.2, 0.25) is 0 Å². The van der Waals surface area contributed by atoms with Crippen molar-refractivity contribution in [3.05, 3.63) is 23.7 Å². The summed E-state index contributed by atoms with van der Waals surface area (Å²) in [5.74, 6) is 0.655. The Morgan fingerprint density at radius 1 is 1.44 bits per heavy atom. The number of aliphatic hydroxyl groups is 1. The summed E-state index contributed by atoms with van der Waals surface area (Å²) in [6, 6.07) is 1.92. The predicted octanol–water partition coefficient (Wildman–Crippen LogP) is 1.62. The smallest absolute Gasteiger partial charge is 0.254 e. The highest BCUT2D eigenvalue weighted by Gasteiger charge is 2.21. The van der Waals surface area contributed by atoms with E-state index in [0.717, 1.165) is 31.4 Å². The Kier molecular flexibility index (Phi) is 3.29. The largest absolute Gasteiger partial charge is 0.469 e. The first-order chi connectivity index (χ1) is 7.65. The molecule has 1 aliphatic carbocycles. The van der Waals surface area contributed by atoms with Crippen molar-refractivity contribution >= 4 is 5.91 Å². The van der Waals surface area contributed by atoms with Crippen molar-refractivity contribution < 1.29 is 14.3 Å². The number of carbonyl (C=O) groups excluding carboxylic acids is 1. The Hall–Kier alpha value is -1.29. The van der Waals surface area contributed by atoms with Crippen molar-refractivity contribution in [2.24, 2.45) is 0 Å². The van der Waals surface area contributed by atoms with Crippen LogP contribution in [0.15, 0.2) is 16.7 Å². The lowest BCUT2D eigenvalue weighted by molar-refractivity contribution is 0.0867. The Balaban J connectivity index is 1.88. The molecule has 0 bridgehead atoms. The van der Waals surface area contributed by atoms with E-state index in [1.54, 1.807) is 6.07 Å². The van der Waals surface area contributed by atoms with Gasteiger partial charge in [0.05, 0.1) is 11.7 Å². The number of amides is 1. The molecule has 2 rings (SSSR count). The highest BCUT2D eigenvalue weighted by atomic mass is 16.3. The second-order valence-corrected chi connectivity index (χ2v) is 4.42. The van der Waals surface area contributed by atoms with Crippen molar-refractivity contribution in [3.8, 4) is 0 Å². The van der Waals surface area contributed by atoms with Gasteiger partial charge < -0.3 is 14.8 Å². The summed E-state index contributed by atoms with van der Waals surface area (Å²) in [4.78, 5) is 11.8. The van der Waals surface area contributed by atoms with Crippen LogP contribution in [0.3, 0.4) is 0 Å². The summed E-state index contributed by atoms with van der Waals surface area (Å²) in [5, 5.41) is 12.3. The molecule has 1 saturated carbocycles. The van der Waals surface area contributed by atoms with Gasteiger partial charge in [-0.05, 0) is 38.7 Å². The van der Waals surface area contributed by atoms with Crippen molar-refractivity contribution in [1.29, 1.82) is 0 Å². The maximum absolute atomic E-state index is 11.8. The average molecular weight is 223 g/mol. The van der Waals surface area contributed by atoms with Gasteiger partial charge in [0, 0.05) is 6.04 Å². The number of aliphatic hydroxyl groups excluding tert-OH is 1. The van der Waals surface area contributed by atoms with Crippen LogP contribution in [-0.4, -0.2) is 23.2 Å². The molecule has 4 heteroatoms. The quantitative estimate of drug-likeness (QED) is 0.800. The molecule has 4 nitrogen and oxygen atoms in total.